The molecule has 7 nitrogen and oxygen atoms in total. The van der Waals surface area contributed by atoms with Gasteiger partial charge < -0.3 is 19.9 Å². The van der Waals surface area contributed by atoms with Gasteiger partial charge in [-0.2, -0.15) is 17.6 Å². The molecule has 4 heterocycles. The van der Waals surface area contributed by atoms with Gasteiger partial charge in [0, 0.05) is 37.9 Å². The van der Waals surface area contributed by atoms with Crippen LogP contribution in [0.4, 0.5) is 38.1 Å². The Labute approximate surface area is 222 Å². The molecular weight excluding hydrogens is 521 g/mol. The summed E-state index contributed by atoms with van der Waals surface area (Å²) in [6, 6.07) is 3.92. The number of benzene rings is 1. The Hall–Kier alpha value is -3.41. The average Bonchev–Trinajstić information content (AvgIpc) is 3.53. The highest BCUT2D eigenvalue weighted by molar-refractivity contribution is 5.91. The second-order valence-corrected chi connectivity index (χ2v) is 10.7. The molecule has 1 N–H and O–H groups in total. The minimum Gasteiger partial charge on any atom is -0.378 e. The summed E-state index contributed by atoms with van der Waals surface area (Å²) in [5.41, 5.74) is 0.783. The lowest BCUT2D eigenvalue weighted by Crippen LogP contribution is -2.41. The lowest BCUT2D eigenvalue weighted by atomic mass is 9.77. The summed E-state index contributed by atoms with van der Waals surface area (Å²) in [5.74, 6) is -2.00. The van der Waals surface area contributed by atoms with Gasteiger partial charge in [-0.05, 0) is 48.6 Å². The number of halogens is 5. The van der Waals surface area contributed by atoms with E-state index < -0.39 is 35.3 Å². The number of aryl methyl sites for hydroxylation is 1. The highest BCUT2D eigenvalue weighted by Crippen LogP contribution is 2.47. The summed E-state index contributed by atoms with van der Waals surface area (Å²) in [6.45, 7) is 6.25. The van der Waals surface area contributed by atoms with Gasteiger partial charge >= 0.3 is 12.2 Å². The molecule has 210 valence electrons. The van der Waals surface area contributed by atoms with Gasteiger partial charge in [0.25, 0.3) is 0 Å². The van der Waals surface area contributed by atoms with Crippen LogP contribution in [0.2, 0.25) is 0 Å². The summed E-state index contributed by atoms with van der Waals surface area (Å²) in [5, 5.41) is 2.53. The van der Waals surface area contributed by atoms with E-state index in [9.17, 15) is 26.7 Å². The van der Waals surface area contributed by atoms with Crippen molar-refractivity contribution < 1.29 is 31.5 Å². The number of carbonyl (C=O) groups is 1. The minimum absolute atomic E-state index is 0.0852. The van der Waals surface area contributed by atoms with Gasteiger partial charge in [-0.3, -0.25) is 4.40 Å². The maximum Gasteiger partial charge on any atom is 0.394 e. The van der Waals surface area contributed by atoms with E-state index in [0.717, 1.165) is 20.0 Å². The predicted molar refractivity (Wildman–Crippen MR) is 137 cm³/mol. The van der Waals surface area contributed by atoms with Gasteiger partial charge in [-0.1, -0.05) is 13.8 Å². The summed E-state index contributed by atoms with van der Waals surface area (Å²) >= 11 is 0. The van der Waals surface area contributed by atoms with Gasteiger partial charge in [0.2, 0.25) is 5.95 Å². The number of fused-ring (bicyclic) bond motifs is 1. The zero-order chi connectivity index (χ0) is 28.1. The number of likely N-dealkylation sites (tertiary alicyclic amines) is 1. The fourth-order valence-corrected chi connectivity index (χ4v) is 5.26. The highest BCUT2D eigenvalue weighted by Gasteiger charge is 2.54. The largest absolute Gasteiger partial charge is 0.394 e. The molecule has 39 heavy (non-hydrogen) atoms. The Balaban J connectivity index is 1.44. The van der Waals surface area contributed by atoms with Crippen LogP contribution < -0.4 is 10.2 Å². The van der Waals surface area contributed by atoms with Crippen molar-refractivity contribution in [1.82, 2.24) is 14.3 Å². The Morgan fingerprint density at radius 2 is 1.82 bits per heavy atom. The molecule has 2 aliphatic heterocycles. The van der Waals surface area contributed by atoms with Gasteiger partial charge in [-0.15, -0.1) is 0 Å². The number of nitrogens with zero attached hydrogens (tertiary/aromatic N) is 4. The first-order valence-electron chi connectivity index (χ1n) is 12.8. The molecule has 3 aromatic rings. The van der Waals surface area contributed by atoms with Crippen molar-refractivity contribution in [2.45, 2.75) is 33.4 Å². The molecule has 2 amide bonds. The second-order valence-electron chi connectivity index (χ2n) is 10.7. The molecule has 0 spiro atoms. The normalized spacial score (nSPS) is 18.7. The molecule has 0 aliphatic carbocycles. The van der Waals surface area contributed by atoms with E-state index in [4.69, 9.17) is 4.74 Å². The van der Waals surface area contributed by atoms with E-state index in [1.807, 2.05) is 11.0 Å². The van der Waals surface area contributed by atoms with Crippen LogP contribution in [0.25, 0.3) is 16.8 Å². The SMILES string of the molecule is Cc1cc(F)c(NC(=O)N2CCC(C(C)(C)C(F)(F)F)C2)cc1-c1cc(N2CCOCC2)c2ncc(F)n2c1. The van der Waals surface area contributed by atoms with Gasteiger partial charge in [-0.25, -0.2) is 14.2 Å². The third-order valence-electron chi connectivity index (χ3n) is 7.99. The van der Waals surface area contributed by atoms with Crippen molar-refractivity contribution in [2.75, 3.05) is 49.6 Å². The first-order valence-corrected chi connectivity index (χ1v) is 12.8. The molecule has 1 aromatic carbocycles. The van der Waals surface area contributed by atoms with Gasteiger partial charge in [0.15, 0.2) is 5.65 Å². The number of rotatable bonds is 4. The number of aromatic nitrogens is 2. The molecule has 0 radical (unpaired) electrons. The maximum absolute atomic E-state index is 15.0. The van der Waals surface area contributed by atoms with Crippen LogP contribution in [-0.4, -0.2) is 65.9 Å². The molecule has 0 bridgehead atoms. The van der Waals surface area contributed by atoms with Crippen LogP contribution in [0.1, 0.15) is 25.8 Å². The van der Waals surface area contributed by atoms with E-state index >= 15 is 0 Å². The molecule has 0 saturated carbocycles. The monoisotopic (exact) mass is 551 g/mol. The number of anilines is 2. The molecule has 1 atom stereocenters. The highest BCUT2D eigenvalue weighted by atomic mass is 19.4. The van der Waals surface area contributed by atoms with E-state index in [-0.39, 0.29) is 25.2 Å². The van der Waals surface area contributed by atoms with Crippen LogP contribution in [-0.2, 0) is 4.74 Å². The van der Waals surface area contributed by atoms with Crippen molar-refractivity contribution in [2.24, 2.45) is 11.3 Å². The Morgan fingerprint density at radius 1 is 1.10 bits per heavy atom. The molecule has 2 saturated heterocycles. The third kappa shape index (κ3) is 5.02. The van der Waals surface area contributed by atoms with Gasteiger partial charge in [0.05, 0.1) is 36.2 Å². The number of morpholine rings is 1. The Morgan fingerprint density at radius 3 is 2.51 bits per heavy atom. The number of carbonyl (C=O) groups excluding carboxylic acids is 1. The fourth-order valence-electron chi connectivity index (χ4n) is 5.26. The number of ether oxygens (including phenoxy) is 1. The maximum atomic E-state index is 15.0. The number of amides is 2. The summed E-state index contributed by atoms with van der Waals surface area (Å²) in [7, 11) is 0. The smallest absolute Gasteiger partial charge is 0.378 e. The predicted octanol–water partition coefficient (Wildman–Crippen LogP) is 5.87. The fraction of sp³-hybridized carbons (Fsp3) is 0.481. The zero-order valence-electron chi connectivity index (χ0n) is 21.9. The van der Waals surface area contributed by atoms with E-state index in [1.54, 1.807) is 13.1 Å². The van der Waals surface area contributed by atoms with E-state index in [2.05, 4.69) is 10.3 Å². The standard InChI is InChI=1S/C27H30F5N5O2/c1-16-10-20(28)21(34-25(38)36-5-4-18(15-36)26(2,3)27(30,31)32)12-19(16)17-11-22(35-6-8-39-9-7-35)24-33-13-23(29)37(24)14-17/h10-14,18H,4-9,15H2,1-3H3,(H,34,38). The van der Waals surface area contributed by atoms with E-state index in [0.29, 0.717) is 54.3 Å². The first-order chi connectivity index (χ1) is 18.4. The number of pyridine rings is 1. The van der Waals surface area contributed by atoms with Crippen LogP contribution in [0.3, 0.4) is 0 Å². The van der Waals surface area contributed by atoms with Crippen molar-refractivity contribution in [3.8, 4) is 11.1 Å². The number of nitrogens with one attached hydrogen (secondary N) is 1. The van der Waals surface area contributed by atoms with Crippen LogP contribution >= 0.6 is 0 Å². The molecule has 1 unspecified atom stereocenters. The number of imidazole rings is 1. The molecule has 2 fully saturated rings. The van der Waals surface area contributed by atoms with Crippen molar-refractivity contribution >= 4 is 23.1 Å². The number of alkyl halides is 3. The average molecular weight is 552 g/mol. The molecule has 5 rings (SSSR count). The lowest BCUT2D eigenvalue weighted by molar-refractivity contribution is -0.227. The molecule has 2 aliphatic rings. The molecule has 2 aromatic heterocycles. The van der Waals surface area contributed by atoms with Crippen molar-refractivity contribution in [3.63, 3.8) is 0 Å². The van der Waals surface area contributed by atoms with Crippen molar-refractivity contribution in [1.29, 1.82) is 0 Å². The first kappa shape index (κ1) is 27.2. The molecular formula is C27H30F5N5O2. The van der Waals surface area contributed by atoms with Crippen molar-refractivity contribution in [3.05, 3.63) is 47.9 Å². The number of hydrogen-bond donors (Lipinski definition) is 1. The van der Waals surface area contributed by atoms with Crippen LogP contribution in [0, 0.1) is 30.0 Å². The minimum atomic E-state index is -4.40. The topological polar surface area (TPSA) is 62.1 Å². The van der Waals surface area contributed by atoms with Gasteiger partial charge in [0.1, 0.15) is 5.82 Å². The number of hydrogen-bond acceptors (Lipinski definition) is 4. The number of urea groups is 1. The van der Waals surface area contributed by atoms with E-state index in [1.165, 1.54) is 21.4 Å². The third-order valence-corrected chi connectivity index (χ3v) is 7.99. The lowest BCUT2D eigenvalue weighted by Gasteiger charge is -2.33. The zero-order valence-corrected chi connectivity index (χ0v) is 21.9. The summed E-state index contributed by atoms with van der Waals surface area (Å²) < 4.78 is 76.9. The van der Waals surface area contributed by atoms with Crippen LogP contribution in [0.5, 0.6) is 0 Å². The Kier molecular flexibility index (Phi) is 6.94. The Bertz CT molecular complexity index is 1400. The summed E-state index contributed by atoms with van der Waals surface area (Å²) in [6.07, 6.45) is -1.51. The van der Waals surface area contributed by atoms with Crippen LogP contribution in [0.15, 0.2) is 30.6 Å². The molecule has 12 heteroatoms. The quantitative estimate of drug-likeness (QED) is 0.413. The second kappa shape index (κ2) is 9.96. The summed E-state index contributed by atoms with van der Waals surface area (Å²) in [4.78, 5) is 20.5.